The molecule has 0 radical (unpaired) electrons. The normalized spacial score (nSPS) is 10.6. The Kier molecular flexibility index (Phi) is 4.79. The number of nitrogens with zero attached hydrogens (tertiary/aromatic N) is 5. The maximum Gasteiger partial charge on any atom is 0.376 e. The molecule has 138 valence electrons. The molecule has 0 unspecified atom stereocenters. The molecule has 0 bridgehead atoms. The first-order chi connectivity index (χ1) is 12.9. The van der Waals surface area contributed by atoms with Gasteiger partial charge in [0.25, 0.3) is 0 Å². The summed E-state index contributed by atoms with van der Waals surface area (Å²) in [5.74, 6) is -0.252. The Bertz CT molecular complexity index is 1090. The van der Waals surface area contributed by atoms with Crippen molar-refractivity contribution in [1.82, 2.24) is 14.4 Å². The zero-order valence-corrected chi connectivity index (χ0v) is 14.6. The molecule has 0 aliphatic heterocycles. The summed E-state index contributed by atoms with van der Waals surface area (Å²) in [4.78, 5) is 44.8. The Morgan fingerprint density at radius 3 is 2.85 bits per heavy atom. The van der Waals surface area contributed by atoms with Crippen molar-refractivity contribution in [1.29, 1.82) is 0 Å². The number of anilines is 2. The summed E-state index contributed by atoms with van der Waals surface area (Å²) in [5.41, 5.74) is -0.333. The van der Waals surface area contributed by atoms with Crippen LogP contribution in [0, 0.1) is 17.0 Å². The highest BCUT2D eigenvalue weighted by atomic mass is 16.6. The summed E-state index contributed by atoms with van der Waals surface area (Å²) in [7, 11) is 1.46. The molecule has 0 saturated carbocycles. The van der Waals surface area contributed by atoms with Crippen molar-refractivity contribution >= 4 is 28.9 Å². The molecule has 3 aromatic rings. The highest BCUT2D eigenvalue weighted by Crippen LogP contribution is 2.21. The van der Waals surface area contributed by atoms with Crippen LogP contribution in [-0.4, -0.2) is 38.8 Å². The van der Waals surface area contributed by atoms with Gasteiger partial charge >= 0.3 is 11.2 Å². The average molecular weight is 368 g/mol. The number of likely N-dealkylation sites (N-methyl/N-ethyl adjacent to an activating group) is 1. The minimum absolute atomic E-state index is 0.177. The predicted octanol–water partition coefficient (Wildman–Crippen LogP) is 1.38. The molecule has 0 atom stereocenters. The molecule has 3 rings (SSSR count). The monoisotopic (exact) mass is 368 g/mol. The quantitative estimate of drug-likeness (QED) is 0.533. The maximum absolute atomic E-state index is 12.5. The van der Waals surface area contributed by atoms with Gasteiger partial charge in [-0.05, 0) is 36.8 Å². The van der Waals surface area contributed by atoms with E-state index in [-0.39, 0.29) is 18.0 Å². The summed E-state index contributed by atoms with van der Waals surface area (Å²) in [5, 5.41) is 14.0. The number of aromatic nitrogens is 3. The third kappa shape index (κ3) is 3.73. The molecule has 0 fully saturated rings. The molecule has 0 aliphatic rings. The fraction of sp³-hybridized carbons (Fsp3) is 0.176. The van der Waals surface area contributed by atoms with Crippen molar-refractivity contribution in [3.05, 3.63) is 68.8 Å². The van der Waals surface area contributed by atoms with Crippen LogP contribution in [0.3, 0.4) is 0 Å². The molecule has 0 aromatic carbocycles. The summed E-state index contributed by atoms with van der Waals surface area (Å²) >= 11 is 0. The topological polar surface area (TPSA) is 123 Å². The Morgan fingerprint density at radius 1 is 1.37 bits per heavy atom. The van der Waals surface area contributed by atoms with E-state index in [4.69, 9.17) is 0 Å². The molecule has 10 nitrogen and oxygen atoms in total. The zero-order chi connectivity index (χ0) is 19.6. The smallest absolute Gasteiger partial charge is 0.344 e. The molecule has 1 amide bonds. The van der Waals surface area contributed by atoms with Gasteiger partial charge in [0.05, 0.1) is 11.5 Å². The Labute approximate surface area is 153 Å². The van der Waals surface area contributed by atoms with Crippen LogP contribution in [0.25, 0.3) is 5.65 Å². The average Bonchev–Trinajstić information content (AvgIpc) is 2.61. The van der Waals surface area contributed by atoms with Crippen molar-refractivity contribution in [3.63, 3.8) is 0 Å². The SMILES string of the molecule is Cc1ccnc(NC(=O)CN(C)c2nc3ccccn3c(=O)c2[N+](=O)[O-])c1. The highest BCUT2D eigenvalue weighted by Gasteiger charge is 2.27. The Morgan fingerprint density at radius 2 is 2.15 bits per heavy atom. The fourth-order valence-electron chi connectivity index (χ4n) is 2.57. The number of rotatable bonds is 5. The van der Waals surface area contributed by atoms with Crippen LogP contribution < -0.4 is 15.8 Å². The van der Waals surface area contributed by atoms with Crippen molar-refractivity contribution < 1.29 is 9.72 Å². The molecule has 27 heavy (non-hydrogen) atoms. The molecular weight excluding hydrogens is 352 g/mol. The molecule has 3 heterocycles. The molecule has 3 aromatic heterocycles. The summed E-state index contributed by atoms with van der Waals surface area (Å²) in [6, 6.07) is 8.27. The lowest BCUT2D eigenvalue weighted by Crippen LogP contribution is -2.33. The van der Waals surface area contributed by atoms with Gasteiger partial charge in [0.1, 0.15) is 11.5 Å². The largest absolute Gasteiger partial charge is 0.376 e. The number of fused-ring (bicyclic) bond motifs is 1. The molecule has 0 spiro atoms. The van der Waals surface area contributed by atoms with Crippen LogP contribution in [0.5, 0.6) is 0 Å². The second kappa shape index (κ2) is 7.20. The minimum Gasteiger partial charge on any atom is -0.344 e. The molecule has 10 heteroatoms. The van der Waals surface area contributed by atoms with Crippen molar-refractivity contribution in [2.24, 2.45) is 0 Å². The van der Waals surface area contributed by atoms with Crippen LogP contribution in [-0.2, 0) is 4.79 Å². The second-order valence-corrected chi connectivity index (χ2v) is 5.90. The summed E-state index contributed by atoms with van der Waals surface area (Å²) < 4.78 is 1.09. The third-order valence-electron chi connectivity index (χ3n) is 3.80. The zero-order valence-electron chi connectivity index (χ0n) is 14.6. The van der Waals surface area contributed by atoms with E-state index in [9.17, 15) is 19.7 Å². The number of amides is 1. The van der Waals surface area contributed by atoms with Crippen LogP contribution in [0.15, 0.2) is 47.5 Å². The van der Waals surface area contributed by atoms with Gasteiger partial charge in [0.15, 0.2) is 0 Å². The lowest BCUT2D eigenvalue weighted by atomic mass is 10.3. The number of carbonyl (C=O) groups excluding carboxylic acids is 1. The van der Waals surface area contributed by atoms with Crippen molar-refractivity contribution in [2.45, 2.75) is 6.92 Å². The molecular formula is C17H16N6O4. The number of aryl methyl sites for hydroxylation is 1. The standard InChI is InChI=1S/C17H16N6O4/c1-11-6-7-18-12(9-11)19-14(24)10-21(2)16-15(23(26)27)17(25)22-8-4-3-5-13(22)20-16/h3-9H,10H2,1-2H3,(H,18,19,24). The van der Waals surface area contributed by atoms with Gasteiger partial charge in [-0.25, -0.2) is 9.97 Å². The lowest BCUT2D eigenvalue weighted by molar-refractivity contribution is -0.385. The molecule has 1 N–H and O–H groups in total. The van der Waals surface area contributed by atoms with Gasteiger partial charge in [-0.2, -0.15) is 0 Å². The van der Waals surface area contributed by atoms with E-state index in [2.05, 4.69) is 15.3 Å². The second-order valence-electron chi connectivity index (χ2n) is 5.90. The number of hydrogen-bond donors (Lipinski definition) is 1. The van der Waals surface area contributed by atoms with Crippen LogP contribution in [0.1, 0.15) is 5.56 Å². The lowest BCUT2D eigenvalue weighted by Gasteiger charge is -2.17. The van der Waals surface area contributed by atoms with Crippen molar-refractivity contribution in [2.75, 3.05) is 23.8 Å². The van der Waals surface area contributed by atoms with E-state index in [1.807, 2.05) is 6.92 Å². The van der Waals surface area contributed by atoms with Gasteiger partial charge in [0, 0.05) is 19.4 Å². The fourth-order valence-corrected chi connectivity index (χ4v) is 2.57. The number of hydrogen-bond acceptors (Lipinski definition) is 7. The Balaban J connectivity index is 1.91. The highest BCUT2D eigenvalue weighted by molar-refractivity contribution is 5.93. The van der Waals surface area contributed by atoms with Gasteiger partial charge in [-0.3, -0.25) is 24.1 Å². The van der Waals surface area contributed by atoms with Gasteiger partial charge in [-0.15, -0.1) is 0 Å². The van der Waals surface area contributed by atoms with E-state index in [0.29, 0.717) is 5.82 Å². The number of nitro groups is 1. The first-order valence-corrected chi connectivity index (χ1v) is 7.96. The predicted molar refractivity (Wildman–Crippen MR) is 99.0 cm³/mol. The van der Waals surface area contributed by atoms with Crippen molar-refractivity contribution in [3.8, 4) is 0 Å². The van der Waals surface area contributed by atoms with E-state index in [1.54, 1.807) is 36.5 Å². The minimum atomic E-state index is -0.812. The first-order valence-electron chi connectivity index (χ1n) is 7.96. The number of carbonyl (C=O) groups is 1. The number of pyridine rings is 2. The molecule has 0 aliphatic carbocycles. The summed E-state index contributed by atoms with van der Waals surface area (Å²) in [6.45, 7) is 1.62. The van der Waals surface area contributed by atoms with E-state index < -0.39 is 22.1 Å². The number of nitrogens with one attached hydrogen (secondary N) is 1. The van der Waals surface area contributed by atoms with E-state index in [1.165, 1.54) is 18.1 Å². The van der Waals surface area contributed by atoms with Crippen LogP contribution in [0.4, 0.5) is 17.3 Å². The third-order valence-corrected chi connectivity index (χ3v) is 3.80. The van der Waals surface area contributed by atoms with Gasteiger partial charge < -0.3 is 10.2 Å². The van der Waals surface area contributed by atoms with Gasteiger partial charge in [0.2, 0.25) is 11.7 Å². The first kappa shape index (κ1) is 18.0. The molecule has 0 saturated heterocycles. The summed E-state index contributed by atoms with van der Waals surface area (Å²) in [6.07, 6.45) is 2.96. The van der Waals surface area contributed by atoms with E-state index >= 15 is 0 Å². The van der Waals surface area contributed by atoms with E-state index in [0.717, 1.165) is 9.96 Å². The maximum atomic E-state index is 12.5. The van der Waals surface area contributed by atoms with Crippen LogP contribution >= 0.6 is 0 Å². The van der Waals surface area contributed by atoms with Crippen LogP contribution in [0.2, 0.25) is 0 Å². The van der Waals surface area contributed by atoms with Gasteiger partial charge in [-0.1, -0.05) is 6.07 Å². The Hall–Kier alpha value is -3.82.